The molecule has 3 heteroatoms. The molecule has 0 spiro atoms. The lowest BCUT2D eigenvalue weighted by Gasteiger charge is -2.60. The summed E-state index contributed by atoms with van der Waals surface area (Å²) in [5, 5.41) is 0. The van der Waals surface area contributed by atoms with Gasteiger partial charge in [-0.1, -0.05) is 19.9 Å². The minimum Gasteiger partial charge on any atom is -0.310 e. The van der Waals surface area contributed by atoms with Crippen molar-refractivity contribution in [2.75, 3.05) is 7.05 Å². The van der Waals surface area contributed by atoms with Gasteiger partial charge in [0.1, 0.15) is 0 Å². The molecule has 0 aliphatic heterocycles. The minimum atomic E-state index is 0.343. The van der Waals surface area contributed by atoms with Gasteiger partial charge in [0, 0.05) is 36.3 Å². The maximum absolute atomic E-state index is 4.58. The Morgan fingerprint density at radius 3 is 2.81 bits per heavy atom. The fraction of sp³-hybridized carbons (Fsp3) is 0.739. The zero-order valence-electron chi connectivity index (χ0n) is 16.6. The maximum atomic E-state index is 4.58. The van der Waals surface area contributed by atoms with Gasteiger partial charge in [-0.3, -0.25) is 4.99 Å². The first kappa shape index (κ1) is 16.8. The Morgan fingerprint density at radius 2 is 2.04 bits per heavy atom. The van der Waals surface area contributed by atoms with E-state index in [1.54, 1.807) is 0 Å². The summed E-state index contributed by atoms with van der Waals surface area (Å²) in [6.45, 7) is 5.19. The van der Waals surface area contributed by atoms with Crippen LogP contribution in [0.2, 0.25) is 0 Å². The van der Waals surface area contributed by atoms with Crippen LogP contribution < -0.4 is 0 Å². The van der Waals surface area contributed by atoms with Crippen LogP contribution >= 0.6 is 0 Å². The molecule has 3 fully saturated rings. The van der Waals surface area contributed by atoms with E-state index in [0.717, 1.165) is 23.7 Å². The van der Waals surface area contributed by atoms with Gasteiger partial charge in [0.15, 0.2) is 0 Å². The van der Waals surface area contributed by atoms with E-state index in [1.165, 1.54) is 62.8 Å². The van der Waals surface area contributed by atoms with E-state index in [1.807, 2.05) is 19.6 Å². The second-order valence-electron chi connectivity index (χ2n) is 9.90. The summed E-state index contributed by atoms with van der Waals surface area (Å²) < 4.78 is 2.29. The first-order valence-electron chi connectivity index (χ1n) is 10.7. The van der Waals surface area contributed by atoms with Crippen LogP contribution in [0.25, 0.3) is 5.70 Å². The van der Waals surface area contributed by atoms with Crippen molar-refractivity contribution < 1.29 is 0 Å². The molecule has 1 aromatic heterocycles. The molecule has 5 rings (SSSR count). The fourth-order valence-electron chi connectivity index (χ4n) is 7.61. The molecule has 0 N–H and O–H groups in total. The first-order valence-corrected chi connectivity index (χ1v) is 10.7. The standard InChI is InChI=1S/C23H33N3/c1-22-10-8-17(24-3)14-16(22)4-5-18-19-6-7-21(26-13-12-25-15-26)23(19,2)11-9-20(18)22/h7,12-13,15-16,18-20H,4-6,8-11,14H2,1-3H3. The van der Waals surface area contributed by atoms with Gasteiger partial charge < -0.3 is 4.57 Å². The topological polar surface area (TPSA) is 30.2 Å². The third-order valence-electron chi connectivity index (χ3n) is 9.14. The molecular weight excluding hydrogens is 318 g/mol. The Bertz CT molecular complexity index is 746. The molecule has 0 bridgehead atoms. The van der Waals surface area contributed by atoms with Crippen molar-refractivity contribution in [3.05, 3.63) is 24.8 Å². The number of allylic oxidation sites excluding steroid dienone is 2. The van der Waals surface area contributed by atoms with Gasteiger partial charge in [0.25, 0.3) is 0 Å². The van der Waals surface area contributed by atoms with Crippen LogP contribution in [0.15, 0.2) is 29.8 Å². The number of hydrogen-bond donors (Lipinski definition) is 0. The number of nitrogens with zero attached hydrogens (tertiary/aromatic N) is 3. The van der Waals surface area contributed by atoms with Crippen LogP contribution in [0, 0.1) is 34.5 Å². The van der Waals surface area contributed by atoms with Crippen molar-refractivity contribution in [2.24, 2.45) is 39.5 Å². The molecule has 6 atom stereocenters. The van der Waals surface area contributed by atoms with E-state index >= 15 is 0 Å². The average molecular weight is 352 g/mol. The van der Waals surface area contributed by atoms with Crippen molar-refractivity contribution in [3.8, 4) is 0 Å². The molecule has 0 saturated heterocycles. The lowest BCUT2D eigenvalue weighted by atomic mass is 9.45. The summed E-state index contributed by atoms with van der Waals surface area (Å²) in [7, 11) is 2.00. The molecule has 1 heterocycles. The molecule has 3 nitrogen and oxygen atoms in total. The average Bonchev–Trinajstić information content (AvgIpc) is 3.27. The Balaban J connectivity index is 1.43. The first-order chi connectivity index (χ1) is 12.6. The van der Waals surface area contributed by atoms with Crippen molar-refractivity contribution >= 4 is 11.4 Å². The number of hydrogen-bond acceptors (Lipinski definition) is 2. The number of aliphatic imine (C=N–C) groups is 1. The Hall–Kier alpha value is -1.38. The number of imidazole rings is 1. The second kappa shape index (κ2) is 5.81. The molecule has 0 amide bonds. The van der Waals surface area contributed by atoms with E-state index in [4.69, 9.17) is 0 Å². The van der Waals surface area contributed by atoms with Crippen LogP contribution in [0.1, 0.15) is 65.2 Å². The number of aromatic nitrogens is 2. The highest BCUT2D eigenvalue weighted by atomic mass is 15.1. The van der Waals surface area contributed by atoms with Gasteiger partial charge in [0.2, 0.25) is 0 Å². The van der Waals surface area contributed by atoms with Crippen molar-refractivity contribution in [1.29, 1.82) is 0 Å². The van der Waals surface area contributed by atoms with Gasteiger partial charge in [-0.05, 0) is 80.5 Å². The summed E-state index contributed by atoms with van der Waals surface area (Å²) in [5.41, 5.74) is 3.90. The highest BCUT2D eigenvalue weighted by Gasteiger charge is 2.58. The summed E-state index contributed by atoms with van der Waals surface area (Å²) in [6, 6.07) is 0. The smallest absolute Gasteiger partial charge is 0.0989 e. The predicted octanol–water partition coefficient (Wildman–Crippen LogP) is 5.45. The van der Waals surface area contributed by atoms with Crippen LogP contribution in [0.5, 0.6) is 0 Å². The Kier molecular flexibility index (Phi) is 3.75. The normalized spacial score (nSPS) is 46.4. The molecule has 6 unspecified atom stereocenters. The van der Waals surface area contributed by atoms with E-state index in [9.17, 15) is 0 Å². The highest BCUT2D eigenvalue weighted by molar-refractivity contribution is 5.85. The van der Waals surface area contributed by atoms with Crippen LogP contribution in [-0.2, 0) is 0 Å². The van der Waals surface area contributed by atoms with Crippen LogP contribution in [0.3, 0.4) is 0 Å². The second-order valence-corrected chi connectivity index (χ2v) is 9.90. The molecule has 3 saturated carbocycles. The van der Waals surface area contributed by atoms with Gasteiger partial charge in [-0.15, -0.1) is 0 Å². The van der Waals surface area contributed by atoms with Gasteiger partial charge in [0.05, 0.1) is 6.33 Å². The molecule has 0 radical (unpaired) electrons. The van der Waals surface area contributed by atoms with Crippen LogP contribution in [0.4, 0.5) is 0 Å². The van der Waals surface area contributed by atoms with Crippen molar-refractivity contribution in [1.82, 2.24) is 9.55 Å². The summed E-state index contributed by atoms with van der Waals surface area (Å²) in [5.74, 6) is 3.54. The summed E-state index contributed by atoms with van der Waals surface area (Å²) >= 11 is 0. The molecule has 26 heavy (non-hydrogen) atoms. The number of rotatable bonds is 1. The molecule has 4 aliphatic carbocycles. The maximum Gasteiger partial charge on any atom is 0.0989 e. The third kappa shape index (κ3) is 2.18. The predicted molar refractivity (Wildman–Crippen MR) is 107 cm³/mol. The SMILES string of the molecule is CN=C1CCC2(C)C(CCC3C4CC=C(n5ccnc5)C4(C)CCC32)C1. The molecule has 0 aromatic carbocycles. The number of fused-ring (bicyclic) bond motifs is 5. The molecule has 140 valence electrons. The van der Waals surface area contributed by atoms with E-state index < -0.39 is 0 Å². The Morgan fingerprint density at radius 1 is 1.15 bits per heavy atom. The zero-order valence-corrected chi connectivity index (χ0v) is 16.6. The lowest BCUT2D eigenvalue weighted by Crippen LogP contribution is -2.53. The van der Waals surface area contributed by atoms with Crippen molar-refractivity contribution in [2.45, 2.75) is 65.2 Å². The van der Waals surface area contributed by atoms with Gasteiger partial charge >= 0.3 is 0 Å². The zero-order chi connectivity index (χ0) is 17.9. The molecular formula is C23H33N3. The third-order valence-corrected chi connectivity index (χ3v) is 9.14. The van der Waals surface area contributed by atoms with E-state index in [-0.39, 0.29) is 0 Å². The van der Waals surface area contributed by atoms with Crippen molar-refractivity contribution in [3.63, 3.8) is 0 Å². The summed E-state index contributed by atoms with van der Waals surface area (Å²) in [4.78, 5) is 8.88. The highest BCUT2D eigenvalue weighted by Crippen LogP contribution is 2.66. The van der Waals surface area contributed by atoms with Gasteiger partial charge in [-0.25, -0.2) is 4.98 Å². The molecule has 1 aromatic rings. The monoisotopic (exact) mass is 351 g/mol. The van der Waals surface area contributed by atoms with Crippen LogP contribution in [-0.4, -0.2) is 22.3 Å². The largest absolute Gasteiger partial charge is 0.310 e. The quantitative estimate of drug-likeness (QED) is 0.662. The van der Waals surface area contributed by atoms with E-state index in [2.05, 4.69) is 40.7 Å². The van der Waals surface area contributed by atoms with E-state index in [0.29, 0.717) is 10.8 Å². The minimum absolute atomic E-state index is 0.343. The summed E-state index contributed by atoms with van der Waals surface area (Å²) in [6.07, 6.45) is 19.4. The Labute approximate surface area is 158 Å². The fourth-order valence-corrected chi connectivity index (χ4v) is 7.61. The van der Waals surface area contributed by atoms with Gasteiger partial charge in [-0.2, -0.15) is 0 Å². The lowest BCUT2D eigenvalue weighted by molar-refractivity contribution is -0.0842. The molecule has 4 aliphatic rings.